The topological polar surface area (TPSA) is 80.8 Å². The number of anilines is 1. The number of hydrogen-bond donors (Lipinski definition) is 1. The molecule has 0 saturated carbocycles. The molecule has 36 heavy (non-hydrogen) atoms. The van der Waals surface area contributed by atoms with Crippen LogP contribution in [-0.2, 0) is 10.9 Å². The molecule has 1 heterocycles. The second-order valence-electron chi connectivity index (χ2n) is 7.52. The maximum atomic E-state index is 13.9. The summed E-state index contributed by atoms with van der Waals surface area (Å²) < 4.78 is 52.0. The second kappa shape index (κ2) is 9.95. The summed E-state index contributed by atoms with van der Waals surface area (Å²) in [6.45, 7) is 0. The number of carbonyl (C=O) groups excluding carboxylic acids is 2. The van der Waals surface area contributed by atoms with Gasteiger partial charge in [0.2, 0.25) is 0 Å². The van der Waals surface area contributed by atoms with Gasteiger partial charge in [0.25, 0.3) is 5.91 Å². The number of hydrazine groups is 1. The molecule has 0 saturated heterocycles. The monoisotopic (exact) mass is 495 g/mol. The summed E-state index contributed by atoms with van der Waals surface area (Å²) in [5, 5.41) is 0.751. The minimum atomic E-state index is -4.73. The number of pyridine rings is 1. The van der Waals surface area contributed by atoms with Crippen molar-refractivity contribution in [3.8, 4) is 17.0 Å². The first kappa shape index (κ1) is 24.5. The minimum Gasteiger partial charge on any atom is -0.494 e. The fourth-order valence-corrected chi connectivity index (χ4v) is 3.75. The molecule has 0 unspecified atom stereocenters. The molecule has 4 aromatic rings. The van der Waals surface area contributed by atoms with Gasteiger partial charge in [0.05, 0.1) is 36.6 Å². The van der Waals surface area contributed by atoms with Crippen molar-refractivity contribution in [1.82, 2.24) is 10.4 Å². The molecule has 184 valence electrons. The third kappa shape index (κ3) is 4.65. The van der Waals surface area contributed by atoms with E-state index in [4.69, 9.17) is 9.47 Å². The number of amides is 2. The molecule has 0 spiro atoms. The summed E-state index contributed by atoms with van der Waals surface area (Å²) in [6, 6.07) is 19.9. The molecule has 7 nitrogen and oxygen atoms in total. The van der Waals surface area contributed by atoms with Gasteiger partial charge < -0.3 is 9.47 Å². The van der Waals surface area contributed by atoms with Crippen molar-refractivity contribution in [3.05, 3.63) is 90.0 Å². The van der Waals surface area contributed by atoms with Gasteiger partial charge in [-0.05, 0) is 18.2 Å². The number of methoxy groups -OCH3 is 2. The van der Waals surface area contributed by atoms with Crippen molar-refractivity contribution >= 4 is 28.6 Å². The number of halogens is 3. The maximum absolute atomic E-state index is 13.9. The Hall–Kier alpha value is -4.60. The number of nitrogens with zero attached hydrogens (tertiary/aromatic N) is 2. The zero-order valence-electron chi connectivity index (χ0n) is 19.2. The molecule has 0 fully saturated rings. The Balaban J connectivity index is 1.98. The number of ether oxygens (including phenoxy) is 2. The average molecular weight is 495 g/mol. The zero-order chi connectivity index (χ0) is 25.9. The number of carbonyl (C=O) groups is 2. The van der Waals surface area contributed by atoms with Gasteiger partial charge in [-0.1, -0.05) is 60.7 Å². The third-order valence-electron chi connectivity index (χ3n) is 5.34. The van der Waals surface area contributed by atoms with Gasteiger partial charge in [0, 0.05) is 10.9 Å². The molecule has 0 radical (unpaired) electrons. The highest BCUT2D eigenvalue weighted by atomic mass is 19.4. The highest BCUT2D eigenvalue weighted by Gasteiger charge is 2.35. The fraction of sp³-hybridized carbons (Fsp3) is 0.115. The summed E-state index contributed by atoms with van der Waals surface area (Å²) in [4.78, 5) is 30.4. The number of nitrogens with one attached hydrogen (secondary N) is 1. The molecular weight excluding hydrogens is 475 g/mol. The van der Waals surface area contributed by atoms with E-state index >= 15 is 0 Å². The second-order valence-corrected chi connectivity index (χ2v) is 7.52. The Labute approximate surface area is 204 Å². The van der Waals surface area contributed by atoms with E-state index in [0.29, 0.717) is 5.56 Å². The van der Waals surface area contributed by atoms with Crippen molar-refractivity contribution < 1.29 is 32.2 Å². The van der Waals surface area contributed by atoms with Gasteiger partial charge >= 0.3 is 12.3 Å². The van der Waals surface area contributed by atoms with E-state index in [0.717, 1.165) is 18.2 Å². The van der Waals surface area contributed by atoms with E-state index in [1.165, 1.54) is 19.2 Å². The number of benzene rings is 3. The van der Waals surface area contributed by atoms with Crippen LogP contribution in [0.25, 0.3) is 22.2 Å². The van der Waals surface area contributed by atoms with Crippen LogP contribution in [0.2, 0.25) is 0 Å². The summed E-state index contributed by atoms with van der Waals surface area (Å²) in [6.07, 6.45) is -5.64. The average Bonchev–Trinajstić information content (AvgIpc) is 2.90. The van der Waals surface area contributed by atoms with E-state index in [-0.39, 0.29) is 28.1 Å². The predicted molar refractivity (Wildman–Crippen MR) is 128 cm³/mol. The van der Waals surface area contributed by atoms with Crippen LogP contribution in [0.3, 0.4) is 0 Å². The number of hydrogen-bond acceptors (Lipinski definition) is 5. The Morgan fingerprint density at radius 3 is 2.11 bits per heavy atom. The van der Waals surface area contributed by atoms with Crippen LogP contribution in [0, 0.1) is 0 Å². The number of alkyl halides is 3. The molecule has 3 aromatic carbocycles. The normalized spacial score (nSPS) is 11.1. The SMILES string of the molecule is COC(=O)N(NC(=O)c1c(OC)c(-c2ccccc2)nc2c(C(F)(F)F)cccc12)c1ccccc1. The molecule has 0 aliphatic carbocycles. The number of para-hydroxylation sites is 2. The lowest BCUT2D eigenvalue weighted by atomic mass is 9.99. The standard InChI is InChI=1S/C26H20F3N3O4/c1-35-23-20(24(33)31-32(25(34)36-2)17-12-7-4-8-13-17)18-14-9-15-19(26(27,28)29)22(18)30-21(23)16-10-5-3-6-11-16/h3-15H,1-2H3,(H,31,33). The van der Waals surface area contributed by atoms with Gasteiger partial charge in [-0.2, -0.15) is 18.2 Å². The lowest BCUT2D eigenvalue weighted by molar-refractivity contribution is -0.136. The number of rotatable bonds is 4. The van der Waals surface area contributed by atoms with E-state index in [1.54, 1.807) is 60.7 Å². The van der Waals surface area contributed by atoms with Crippen LogP contribution in [-0.4, -0.2) is 31.2 Å². The summed E-state index contributed by atoms with van der Waals surface area (Å²) in [5.74, 6) is -0.951. The molecule has 10 heteroatoms. The third-order valence-corrected chi connectivity index (χ3v) is 5.34. The summed E-state index contributed by atoms with van der Waals surface area (Å²) in [7, 11) is 2.42. The first-order valence-electron chi connectivity index (χ1n) is 10.6. The molecule has 0 aliphatic rings. The first-order valence-corrected chi connectivity index (χ1v) is 10.6. The lowest BCUT2D eigenvalue weighted by Crippen LogP contribution is -2.46. The van der Waals surface area contributed by atoms with Crippen LogP contribution in [0.1, 0.15) is 15.9 Å². The van der Waals surface area contributed by atoms with Crippen LogP contribution in [0.4, 0.5) is 23.7 Å². The summed E-state index contributed by atoms with van der Waals surface area (Å²) >= 11 is 0. The molecule has 1 N–H and O–H groups in total. The molecule has 1 aromatic heterocycles. The van der Waals surface area contributed by atoms with Crippen molar-refractivity contribution in [3.63, 3.8) is 0 Å². The van der Waals surface area contributed by atoms with Gasteiger partial charge in [0.1, 0.15) is 5.69 Å². The zero-order valence-corrected chi connectivity index (χ0v) is 19.2. The van der Waals surface area contributed by atoms with E-state index < -0.39 is 29.3 Å². The van der Waals surface area contributed by atoms with Crippen LogP contribution in [0.5, 0.6) is 5.75 Å². The lowest BCUT2D eigenvalue weighted by Gasteiger charge is -2.23. The fourth-order valence-electron chi connectivity index (χ4n) is 3.75. The molecular formula is C26H20F3N3O4. The number of fused-ring (bicyclic) bond motifs is 1. The van der Waals surface area contributed by atoms with Crippen molar-refractivity contribution in [2.75, 3.05) is 19.2 Å². The maximum Gasteiger partial charge on any atom is 0.433 e. The Bertz CT molecular complexity index is 1410. The van der Waals surface area contributed by atoms with Gasteiger partial charge in [-0.15, -0.1) is 0 Å². The van der Waals surface area contributed by atoms with E-state index in [2.05, 4.69) is 10.4 Å². The first-order chi connectivity index (χ1) is 17.3. The largest absolute Gasteiger partial charge is 0.494 e. The van der Waals surface area contributed by atoms with Crippen molar-refractivity contribution in [2.45, 2.75) is 6.18 Å². The molecule has 0 aliphatic heterocycles. The quantitative estimate of drug-likeness (QED) is 0.360. The van der Waals surface area contributed by atoms with Crippen molar-refractivity contribution in [2.24, 2.45) is 0 Å². The van der Waals surface area contributed by atoms with Crippen LogP contribution >= 0.6 is 0 Å². The molecule has 2 amide bonds. The molecule has 0 bridgehead atoms. The van der Waals surface area contributed by atoms with Gasteiger partial charge in [0.15, 0.2) is 5.75 Å². The summed E-state index contributed by atoms with van der Waals surface area (Å²) in [5.41, 5.74) is 1.52. The Morgan fingerprint density at radius 1 is 0.889 bits per heavy atom. The highest BCUT2D eigenvalue weighted by molar-refractivity contribution is 6.12. The smallest absolute Gasteiger partial charge is 0.433 e. The van der Waals surface area contributed by atoms with Crippen molar-refractivity contribution in [1.29, 1.82) is 0 Å². The van der Waals surface area contributed by atoms with Crippen LogP contribution in [0.15, 0.2) is 78.9 Å². The molecule has 4 rings (SSSR count). The predicted octanol–water partition coefficient (Wildman–Crippen LogP) is 5.85. The van der Waals surface area contributed by atoms with Crippen LogP contribution < -0.4 is 15.2 Å². The van der Waals surface area contributed by atoms with Gasteiger partial charge in [-0.3, -0.25) is 10.2 Å². The Morgan fingerprint density at radius 2 is 1.53 bits per heavy atom. The highest BCUT2D eigenvalue weighted by Crippen LogP contribution is 2.41. The van der Waals surface area contributed by atoms with E-state index in [1.807, 2.05) is 0 Å². The number of aromatic nitrogens is 1. The Kier molecular flexibility index (Phi) is 6.77. The minimum absolute atomic E-state index is 0.0387. The van der Waals surface area contributed by atoms with E-state index in [9.17, 15) is 22.8 Å². The van der Waals surface area contributed by atoms with Gasteiger partial charge in [-0.25, -0.2) is 9.78 Å². The molecule has 0 atom stereocenters.